The molecule has 0 aromatic carbocycles. The summed E-state index contributed by atoms with van der Waals surface area (Å²) in [5.41, 5.74) is 4.90. The highest BCUT2D eigenvalue weighted by Crippen LogP contribution is 2.33. The molecule has 4 atom stereocenters. The summed E-state index contributed by atoms with van der Waals surface area (Å²) in [6.45, 7) is -0.193. The Balaban J connectivity index is 2.35. The molecule has 18 heavy (non-hydrogen) atoms. The normalized spacial score (nSPS) is 31.7. The second-order valence-electron chi connectivity index (χ2n) is 3.98. The van der Waals surface area contributed by atoms with Gasteiger partial charge in [0.1, 0.15) is 11.9 Å². The molecule has 0 aliphatic carbocycles. The number of nitrogen functional groups attached to an aromatic ring is 1. The Bertz CT molecular complexity index is 480. The van der Waals surface area contributed by atoms with Crippen LogP contribution in [0.5, 0.6) is 0 Å². The van der Waals surface area contributed by atoms with Crippen LogP contribution in [0.15, 0.2) is 17.1 Å². The van der Waals surface area contributed by atoms with Gasteiger partial charge in [0.05, 0.1) is 18.0 Å². The van der Waals surface area contributed by atoms with Gasteiger partial charge in [-0.25, -0.2) is 4.79 Å². The van der Waals surface area contributed by atoms with Gasteiger partial charge in [0, 0.05) is 13.3 Å². The molecule has 0 saturated carbocycles. The van der Waals surface area contributed by atoms with Crippen LogP contribution in [0.2, 0.25) is 0 Å². The first-order chi connectivity index (χ1) is 8.58. The number of nitrogens with two attached hydrogens (primary N) is 1. The molecule has 0 amide bonds. The molecule has 1 aliphatic heterocycles. The molecule has 7 nitrogen and oxygen atoms in total. The number of thiol groups is 1. The Hall–Kier alpha value is -1.09. The fraction of sp³-hybridized carbons (Fsp3) is 0.600. The van der Waals surface area contributed by atoms with Crippen LogP contribution in [0, 0.1) is 0 Å². The van der Waals surface area contributed by atoms with Crippen molar-refractivity contribution in [3.05, 3.63) is 22.7 Å². The molecule has 0 bridgehead atoms. The minimum Gasteiger partial charge on any atom is -0.394 e. The number of hydrogen-bond acceptors (Lipinski definition) is 7. The highest BCUT2D eigenvalue weighted by atomic mass is 32.1. The van der Waals surface area contributed by atoms with E-state index in [-0.39, 0.29) is 17.7 Å². The van der Waals surface area contributed by atoms with E-state index in [9.17, 15) is 9.90 Å². The van der Waals surface area contributed by atoms with Crippen LogP contribution in [0.3, 0.4) is 0 Å². The highest BCUT2D eigenvalue weighted by Gasteiger charge is 2.44. The van der Waals surface area contributed by atoms with E-state index in [4.69, 9.17) is 15.2 Å². The molecule has 0 spiro atoms. The van der Waals surface area contributed by atoms with Crippen molar-refractivity contribution in [3.63, 3.8) is 0 Å². The summed E-state index contributed by atoms with van der Waals surface area (Å²) >= 11 is 4.34. The third-order valence-electron chi connectivity index (χ3n) is 2.89. The standard InChI is InChI=1S/C10H15N3O4S/c1-16-7-8(18)5(4-14)17-9(7)13-3-2-6(11)12-10(13)15/h2-3,5,7-9,14,18H,4H2,1H3,(H2,11,12,15)/t5-,7+,8+,9-/m1/s1. The van der Waals surface area contributed by atoms with E-state index in [0.717, 1.165) is 0 Å². The molecule has 1 fully saturated rings. The predicted octanol–water partition coefficient (Wildman–Crippen LogP) is -0.971. The molecule has 0 unspecified atom stereocenters. The highest BCUT2D eigenvalue weighted by molar-refractivity contribution is 7.81. The number of nitrogens with zero attached hydrogens (tertiary/aromatic N) is 2. The van der Waals surface area contributed by atoms with Crippen molar-refractivity contribution in [3.8, 4) is 0 Å². The summed E-state index contributed by atoms with van der Waals surface area (Å²) < 4.78 is 12.1. The molecule has 2 rings (SSSR count). The Morgan fingerprint density at radius 2 is 2.44 bits per heavy atom. The summed E-state index contributed by atoms with van der Waals surface area (Å²) in [4.78, 5) is 15.4. The lowest BCUT2D eigenvalue weighted by atomic mass is 10.2. The van der Waals surface area contributed by atoms with Gasteiger partial charge in [0.25, 0.3) is 0 Å². The first-order valence-corrected chi connectivity index (χ1v) is 5.92. The number of aliphatic hydroxyl groups excluding tert-OH is 1. The zero-order chi connectivity index (χ0) is 13.3. The fourth-order valence-electron chi connectivity index (χ4n) is 1.97. The Kier molecular flexibility index (Phi) is 3.91. The van der Waals surface area contributed by atoms with E-state index < -0.39 is 24.1 Å². The number of anilines is 1. The van der Waals surface area contributed by atoms with Crippen molar-refractivity contribution in [2.45, 2.75) is 23.7 Å². The lowest BCUT2D eigenvalue weighted by Gasteiger charge is -2.20. The molecule has 1 saturated heterocycles. The molecule has 3 N–H and O–H groups in total. The Labute approximate surface area is 109 Å². The lowest BCUT2D eigenvalue weighted by molar-refractivity contribution is -0.0624. The lowest BCUT2D eigenvalue weighted by Crippen LogP contribution is -2.35. The van der Waals surface area contributed by atoms with Crippen LogP contribution in [0.1, 0.15) is 6.23 Å². The maximum Gasteiger partial charge on any atom is 0.351 e. The Morgan fingerprint density at radius 1 is 1.72 bits per heavy atom. The van der Waals surface area contributed by atoms with Crippen molar-refractivity contribution >= 4 is 18.4 Å². The molecule has 100 valence electrons. The Morgan fingerprint density at radius 3 is 3.00 bits per heavy atom. The molecular weight excluding hydrogens is 258 g/mol. The van der Waals surface area contributed by atoms with Gasteiger partial charge in [0.15, 0.2) is 6.23 Å². The summed E-state index contributed by atoms with van der Waals surface area (Å²) in [6.07, 6.45) is -0.127. The quantitative estimate of drug-likeness (QED) is 0.613. The van der Waals surface area contributed by atoms with Crippen molar-refractivity contribution < 1.29 is 14.6 Å². The van der Waals surface area contributed by atoms with E-state index in [2.05, 4.69) is 17.6 Å². The molecular formula is C10H15N3O4S. The van der Waals surface area contributed by atoms with Crippen LogP contribution in [0.25, 0.3) is 0 Å². The molecule has 2 heterocycles. The third-order valence-corrected chi connectivity index (χ3v) is 3.52. The van der Waals surface area contributed by atoms with E-state index in [1.54, 1.807) is 0 Å². The van der Waals surface area contributed by atoms with Gasteiger partial charge in [-0.15, -0.1) is 0 Å². The first-order valence-electron chi connectivity index (χ1n) is 5.40. The van der Waals surface area contributed by atoms with Crippen LogP contribution < -0.4 is 11.4 Å². The predicted molar refractivity (Wildman–Crippen MR) is 67.5 cm³/mol. The van der Waals surface area contributed by atoms with Gasteiger partial charge < -0.3 is 20.3 Å². The third kappa shape index (κ3) is 2.24. The summed E-state index contributed by atoms with van der Waals surface area (Å²) in [6, 6.07) is 1.50. The number of aliphatic hydroxyl groups is 1. The zero-order valence-electron chi connectivity index (χ0n) is 9.76. The van der Waals surface area contributed by atoms with E-state index in [1.807, 2.05) is 0 Å². The minimum absolute atomic E-state index is 0.143. The zero-order valence-corrected chi connectivity index (χ0v) is 10.7. The SMILES string of the molecule is CO[C@H]1[C@@H](S)[C@@H](CO)O[C@H]1n1ccc(N)nc1=O. The van der Waals surface area contributed by atoms with Gasteiger partial charge in [-0.05, 0) is 6.07 Å². The second kappa shape index (κ2) is 5.27. The van der Waals surface area contributed by atoms with Crippen molar-refractivity contribution in [2.24, 2.45) is 0 Å². The number of hydrogen-bond donors (Lipinski definition) is 3. The maximum atomic E-state index is 11.7. The first kappa shape index (κ1) is 13.3. The van der Waals surface area contributed by atoms with Crippen molar-refractivity contribution in [2.75, 3.05) is 19.5 Å². The molecule has 8 heteroatoms. The number of aromatic nitrogens is 2. The number of methoxy groups -OCH3 is 1. The maximum absolute atomic E-state index is 11.7. The molecule has 1 aromatic heterocycles. The van der Waals surface area contributed by atoms with Crippen molar-refractivity contribution in [1.82, 2.24) is 9.55 Å². The smallest absolute Gasteiger partial charge is 0.351 e. The average Bonchev–Trinajstić information content (AvgIpc) is 2.65. The number of ether oxygens (including phenoxy) is 2. The van der Waals surface area contributed by atoms with Crippen LogP contribution >= 0.6 is 12.6 Å². The summed E-state index contributed by atoms with van der Waals surface area (Å²) in [5, 5.41) is 8.85. The van der Waals surface area contributed by atoms with E-state index >= 15 is 0 Å². The molecule has 1 aliphatic rings. The van der Waals surface area contributed by atoms with Crippen LogP contribution in [0.4, 0.5) is 5.82 Å². The van der Waals surface area contributed by atoms with Crippen LogP contribution in [-0.4, -0.2) is 45.8 Å². The molecule has 1 aromatic rings. The van der Waals surface area contributed by atoms with Gasteiger partial charge in [0.2, 0.25) is 0 Å². The second-order valence-corrected chi connectivity index (χ2v) is 4.58. The topological polar surface area (TPSA) is 99.6 Å². The number of rotatable bonds is 3. The molecule has 0 radical (unpaired) electrons. The van der Waals surface area contributed by atoms with Gasteiger partial charge >= 0.3 is 5.69 Å². The van der Waals surface area contributed by atoms with Gasteiger partial charge in [-0.3, -0.25) is 4.57 Å². The minimum atomic E-state index is -0.671. The van der Waals surface area contributed by atoms with Gasteiger partial charge in [-0.2, -0.15) is 17.6 Å². The average molecular weight is 273 g/mol. The summed E-state index contributed by atoms with van der Waals surface area (Å²) in [7, 11) is 1.50. The fourth-order valence-corrected chi connectivity index (χ4v) is 2.40. The summed E-state index contributed by atoms with van der Waals surface area (Å²) in [5.74, 6) is 0.143. The monoisotopic (exact) mass is 273 g/mol. The van der Waals surface area contributed by atoms with E-state index in [1.165, 1.54) is 23.9 Å². The largest absolute Gasteiger partial charge is 0.394 e. The van der Waals surface area contributed by atoms with E-state index in [0.29, 0.717) is 0 Å². The van der Waals surface area contributed by atoms with Crippen molar-refractivity contribution in [1.29, 1.82) is 0 Å². The van der Waals surface area contributed by atoms with Crippen LogP contribution in [-0.2, 0) is 9.47 Å². The van der Waals surface area contributed by atoms with Gasteiger partial charge in [-0.1, -0.05) is 0 Å².